The van der Waals surface area contributed by atoms with Gasteiger partial charge in [0, 0.05) is 13.2 Å². The molecule has 0 aliphatic rings. The van der Waals surface area contributed by atoms with E-state index in [-0.39, 0.29) is 5.56 Å². The van der Waals surface area contributed by atoms with E-state index < -0.39 is 18.1 Å². The van der Waals surface area contributed by atoms with Gasteiger partial charge in [-0.25, -0.2) is 13.6 Å². The van der Waals surface area contributed by atoms with Crippen molar-refractivity contribution in [1.82, 2.24) is 9.78 Å². The lowest BCUT2D eigenvalue weighted by atomic mass is 10.2. The number of aromatic nitrogens is 2. The van der Waals surface area contributed by atoms with Crippen LogP contribution in [0.3, 0.4) is 0 Å². The summed E-state index contributed by atoms with van der Waals surface area (Å²) in [6.45, 7) is 0. The van der Waals surface area contributed by atoms with E-state index >= 15 is 0 Å². The van der Waals surface area contributed by atoms with Gasteiger partial charge in [0.15, 0.2) is 0 Å². The molecular weight excluding hydrogens is 268 g/mol. The molecule has 104 valence electrons. The van der Waals surface area contributed by atoms with Gasteiger partial charge in [-0.15, -0.1) is 0 Å². The van der Waals surface area contributed by atoms with E-state index in [0.29, 0.717) is 0 Å². The lowest BCUT2D eigenvalue weighted by Gasteiger charge is -1.98. The molecule has 0 bridgehead atoms. The number of alkyl halides is 2. The molecule has 0 atom stereocenters. The molecule has 0 aliphatic carbocycles. The molecule has 5 nitrogen and oxygen atoms in total. The third-order valence-corrected chi connectivity index (χ3v) is 2.42. The number of nitrogens with zero attached hydrogens (tertiary/aromatic N) is 3. The number of oxime groups is 1. The van der Waals surface area contributed by atoms with Gasteiger partial charge in [0.1, 0.15) is 11.3 Å². The zero-order valence-corrected chi connectivity index (χ0v) is 10.5. The van der Waals surface area contributed by atoms with Crippen LogP contribution in [0.15, 0.2) is 41.7 Å². The summed E-state index contributed by atoms with van der Waals surface area (Å²) in [6.07, 6.45) is -0.366. The highest BCUT2D eigenvalue weighted by molar-refractivity contribution is 5.91. The molecule has 20 heavy (non-hydrogen) atoms. The third-order valence-electron chi connectivity index (χ3n) is 2.42. The highest BCUT2D eigenvalue weighted by Crippen LogP contribution is 2.21. The van der Waals surface area contributed by atoms with E-state index in [4.69, 9.17) is 0 Å². The summed E-state index contributed by atoms with van der Waals surface area (Å²) in [6, 6.07) is 8.92. The highest BCUT2D eigenvalue weighted by atomic mass is 19.3. The van der Waals surface area contributed by atoms with Crippen molar-refractivity contribution < 1.29 is 18.4 Å². The Morgan fingerprint density at radius 1 is 1.40 bits per heavy atom. The Morgan fingerprint density at radius 3 is 2.75 bits per heavy atom. The van der Waals surface area contributed by atoms with Crippen molar-refractivity contribution in [1.29, 1.82) is 0 Å². The molecule has 0 fully saturated rings. The van der Waals surface area contributed by atoms with Crippen molar-refractivity contribution in [2.75, 3.05) is 0 Å². The second-order valence-corrected chi connectivity index (χ2v) is 3.93. The standard InChI is InChI=1S/C13H11F2N3O2/c1-18-8-10(11(17-18)12(14)15)13(19)20-16-7-9-5-3-2-4-6-9/h2-8,12H,1H3/b16-7+. The molecule has 0 saturated carbocycles. The molecule has 1 aromatic heterocycles. The molecule has 0 spiro atoms. The van der Waals surface area contributed by atoms with Gasteiger partial charge in [0.05, 0.1) is 6.21 Å². The van der Waals surface area contributed by atoms with Crippen LogP contribution in [0.1, 0.15) is 28.0 Å². The van der Waals surface area contributed by atoms with Gasteiger partial charge in [-0.3, -0.25) is 4.68 Å². The predicted molar refractivity (Wildman–Crippen MR) is 67.6 cm³/mol. The van der Waals surface area contributed by atoms with E-state index in [1.54, 1.807) is 24.3 Å². The fourth-order valence-electron chi connectivity index (χ4n) is 1.55. The first kappa shape index (κ1) is 13.9. The van der Waals surface area contributed by atoms with Gasteiger partial charge in [-0.2, -0.15) is 5.10 Å². The largest absolute Gasteiger partial charge is 0.369 e. The second kappa shape index (κ2) is 6.05. The van der Waals surface area contributed by atoms with Crippen LogP contribution in [0, 0.1) is 0 Å². The van der Waals surface area contributed by atoms with Crippen LogP contribution in [-0.4, -0.2) is 22.0 Å². The molecule has 0 radical (unpaired) electrons. The van der Waals surface area contributed by atoms with Crippen molar-refractivity contribution in [3.63, 3.8) is 0 Å². The first-order valence-electron chi connectivity index (χ1n) is 5.69. The quantitative estimate of drug-likeness (QED) is 0.491. The molecule has 0 N–H and O–H groups in total. The van der Waals surface area contributed by atoms with E-state index in [9.17, 15) is 13.6 Å². The van der Waals surface area contributed by atoms with Crippen molar-refractivity contribution in [2.24, 2.45) is 12.2 Å². The fourth-order valence-corrected chi connectivity index (χ4v) is 1.55. The zero-order valence-electron chi connectivity index (χ0n) is 10.5. The van der Waals surface area contributed by atoms with Crippen molar-refractivity contribution in [3.05, 3.63) is 53.3 Å². The molecule has 0 aliphatic heterocycles. The van der Waals surface area contributed by atoms with Crippen LogP contribution in [-0.2, 0) is 11.9 Å². The van der Waals surface area contributed by atoms with Gasteiger partial charge in [0.25, 0.3) is 6.43 Å². The van der Waals surface area contributed by atoms with Crippen LogP contribution in [0.5, 0.6) is 0 Å². The smallest absolute Gasteiger partial charge is 0.313 e. The Morgan fingerprint density at radius 2 is 2.10 bits per heavy atom. The predicted octanol–water partition coefficient (Wildman–Crippen LogP) is 2.55. The average Bonchev–Trinajstić information content (AvgIpc) is 2.82. The van der Waals surface area contributed by atoms with E-state index in [0.717, 1.165) is 10.2 Å². The third kappa shape index (κ3) is 3.25. The second-order valence-electron chi connectivity index (χ2n) is 3.93. The maximum Gasteiger partial charge on any atom is 0.369 e. The lowest BCUT2D eigenvalue weighted by Crippen LogP contribution is -2.04. The molecule has 0 saturated heterocycles. The fraction of sp³-hybridized carbons (Fsp3) is 0.154. The summed E-state index contributed by atoms with van der Waals surface area (Å²) in [7, 11) is 1.44. The normalized spacial score (nSPS) is 11.2. The number of hydrogen-bond donors (Lipinski definition) is 0. The zero-order chi connectivity index (χ0) is 14.5. The Hall–Kier alpha value is -2.57. The number of carbonyl (C=O) groups excluding carboxylic acids is 1. The van der Waals surface area contributed by atoms with Crippen LogP contribution >= 0.6 is 0 Å². The van der Waals surface area contributed by atoms with E-state index in [1.807, 2.05) is 6.07 Å². The molecule has 0 amide bonds. The van der Waals surface area contributed by atoms with Gasteiger partial charge in [-0.05, 0) is 5.56 Å². The van der Waals surface area contributed by atoms with Crippen LogP contribution in [0.2, 0.25) is 0 Å². The van der Waals surface area contributed by atoms with Gasteiger partial charge in [-0.1, -0.05) is 35.5 Å². The van der Waals surface area contributed by atoms with Gasteiger partial charge < -0.3 is 4.84 Å². The van der Waals surface area contributed by atoms with Gasteiger partial charge in [0.2, 0.25) is 0 Å². The monoisotopic (exact) mass is 279 g/mol. The Bertz CT molecular complexity index is 624. The molecule has 1 heterocycles. The van der Waals surface area contributed by atoms with Crippen molar-refractivity contribution >= 4 is 12.2 Å². The number of aryl methyl sites for hydroxylation is 1. The van der Waals surface area contributed by atoms with Crippen LogP contribution < -0.4 is 0 Å². The van der Waals surface area contributed by atoms with E-state index in [2.05, 4.69) is 15.1 Å². The molecule has 2 rings (SSSR count). The van der Waals surface area contributed by atoms with Crippen molar-refractivity contribution in [2.45, 2.75) is 6.43 Å². The lowest BCUT2D eigenvalue weighted by molar-refractivity contribution is 0.0508. The number of carbonyl (C=O) groups is 1. The summed E-state index contributed by atoms with van der Waals surface area (Å²) < 4.78 is 26.5. The number of halogens is 2. The summed E-state index contributed by atoms with van der Waals surface area (Å²) in [5.41, 5.74) is -0.194. The van der Waals surface area contributed by atoms with Gasteiger partial charge >= 0.3 is 5.97 Å². The Kier molecular flexibility index (Phi) is 4.19. The summed E-state index contributed by atoms with van der Waals surface area (Å²) in [5, 5.41) is 6.98. The maximum absolute atomic E-state index is 12.7. The molecule has 7 heteroatoms. The SMILES string of the molecule is Cn1cc(C(=O)O/N=C/c2ccccc2)c(C(F)F)n1. The minimum atomic E-state index is -2.85. The minimum absolute atomic E-state index is 0.298. The first-order valence-corrected chi connectivity index (χ1v) is 5.69. The maximum atomic E-state index is 12.7. The van der Waals surface area contributed by atoms with Crippen molar-refractivity contribution in [3.8, 4) is 0 Å². The average molecular weight is 279 g/mol. The van der Waals surface area contributed by atoms with Crippen LogP contribution in [0.4, 0.5) is 8.78 Å². The minimum Gasteiger partial charge on any atom is -0.313 e. The number of hydrogen-bond acceptors (Lipinski definition) is 4. The number of rotatable bonds is 4. The topological polar surface area (TPSA) is 56.5 Å². The molecule has 1 aromatic carbocycles. The first-order chi connectivity index (χ1) is 9.58. The van der Waals surface area contributed by atoms with E-state index in [1.165, 1.54) is 19.5 Å². The highest BCUT2D eigenvalue weighted by Gasteiger charge is 2.23. The Labute approximate surface area is 113 Å². The molecule has 2 aromatic rings. The Balaban J connectivity index is 2.07. The molecule has 0 unspecified atom stereocenters. The molecular formula is C13H11F2N3O2. The number of benzene rings is 1. The summed E-state index contributed by atoms with van der Waals surface area (Å²) in [5.74, 6) is -0.972. The summed E-state index contributed by atoms with van der Waals surface area (Å²) in [4.78, 5) is 16.2. The van der Waals surface area contributed by atoms with Crippen LogP contribution in [0.25, 0.3) is 0 Å². The summed E-state index contributed by atoms with van der Waals surface area (Å²) >= 11 is 0.